The van der Waals surface area contributed by atoms with E-state index in [0.29, 0.717) is 69.8 Å². The number of rotatable bonds is 9. The van der Waals surface area contributed by atoms with E-state index in [0.717, 1.165) is 30.5 Å². The number of carbonyl (C=O) groups is 2. The van der Waals surface area contributed by atoms with Crippen LogP contribution >= 0.6 is 11.9 Å². The lowest BCUT2D eigenvalue weighted by Crippen LogP contribution is -2.58. The highest BCUT2D eigenvalue weighted by atomic mass is 32.2. The number of piperazine rings is 1. The van der Waals surface area contributed by atoms with Gasteiger partial charge in [0.05, 0.1) is 17.2 Å². The maximum Gasteiger partial charge on any atom is 0.416 e. The monoisotopic (exact) mass is 748 g/mol. The number of aliphatic imine (C=N–C) groups is 1. The maximum absolute atomic E-state index is 14.2. The molecule has 280 valence electrons. The number of benzene rings is 2. The van der Waals surface area contributed by atoms with Gasteiger partial charge in [-0.3, -0.25) is 29.5 Å². The normalized spacial score (nSPS) is 23.7. The Morgan fingerprint density at radius 1 is 0.882 bits per heavy atom. The Morgan fingerprint density at radius 2 is 1.47 bits per heavy atom. The van der Waals surface area contributed by atoms with Gasteiger partial charge < -0.3 is 9.80 Å². The molecule has 2 aromatic carbocycles. The van der Waals surface area contributed by atoms with Crippen molar-refractivity contribution in [2.45, 2.75) is 74.4 Å². The van der Waals surface area contributed by atoms with Crippen LogP contribution in [-0.2, 0) is 23.6 Å². The van der Waals surface area contributed by atoms with Gasteiger partial charge in [0.1, 0.15) is 5.25 Å². The zero-order valence-corrected chi connectivity index (χ0v) is 28.7. The van der Waals surface area contributed by atoms with Crippen molar-refractivity contribution >= 4 is 30.5 Å². The molecule has 0 aromatic heterocycles. The molecule has 0 spiro atoms. The second-order valence-corrected chi connectivity index (χ2v) is 14.1. The van der Waals surface area contributed by atoms with E-state index in [1.165, 1.54) is 11.0 Å². The number of alkyl halides is 6. The third kappa shape index (κ3) is 9.03. The van der Waals surface area contributed by atoms with E-state index in [1.54, 1.807) is 11.8 Å². The largest absolute Gasteiger partial charge is 0.416 e. The molecule has 2 aromatic rings. The van der Waals surface area contributed by atoms with E-state index in [-0.39, 0.29) is 43.1 Å². The van der Waals surface area contributed by atoms with Crippen LogP contribution in [0.15, 0.2) is 41.4 Å². The molecule has 3 saturated heterocycles. The van der Waals surface area contributed by atoms with E-state index >= 15 is 0 Å². The third-order valence-electron chi connectivity index (χ3n) is 10.2. The van der Waals surface area contributed by atoms with E-state index in [9.17, 15) is 44.7 Å². The Labute approximate surface area is 295 Å². The number of likely N-dealkylation sites (tertiary alicyclic amines) is 2. The number of nitrogens with two attached hydrogens (primary N) is 1. The Bertz CT molecular complexity index is 1550. The summed E-state index contributed by atoms with van der Waals surface area (Å²) >= 11 is 0.961. The van der Waals surface area contributed by atoms with Crippen molar-refractivity contribution in [3.63, 3.8) is 0 Å². The third-order valence-corrected chi connectivity index (χ3v) is 11.1. The molecule has 51 heavy (non-hydrogen) atoms. The van der Waals surface area contributed by atoms with Crippen LogP contribution in [0.25, 0.3) is 0 Å². The molecule has 2 amide bonds. The van der Waals surface area contributed by atoms with Gasteiger partial charge in [-0.15, -0.1) is 0 Å². The molecule has 3 heterocycles. The molecule has 5 rings (SSSR count). The summed E-state index contributed by atoms with van der Waals surface area (Å²) in [6.07, 6.45) is -8.73. The quantitative estimate of drug-likeness (QED) is 0.207. The Hall–Kier alpha value is -3.28. The van der Waals surface area contributed by atoms with Gasteiger partial charge in [0.15, 0.2) is 11.6 Å². The summed E-state index contributed by atoms with van der Waals surface area (Å²) in [5.41, 5.74) is -3.62. The second-order valence-electron chi connectivity index (χ2n) is 13.4. The van der Waals surface area contributed by atoms with Crippen LogP contribution in [-0.4, -0.2) is 113 Å². The number of hydrogen-bond donors (Lipinski definition) is 1. The average Bonchev–Trinajstić information content (AvgIpc) is 3.59. The predicted octanol–water partition coefficient (Wildman–Crippen LogP) is 5.50. The minimum absolute atomic E-state index is 0.0124. The number of nitrogens with zero attached hydrogens (tertiary/aromatic N) is 5. The molecule has 2 N–H and O–H groups in total. The van der Waals surface area contributed by atoms with Gasteiger partial charge in [0.25, 0.3) is 5.91 Å². The van der Waals surface area contributed by atoms with E-state index in [4.69, 9.17) is 5.14 Å². The smallest absolute Gasteiger partial charge is 0.340 e. The van der Waals surface area contributed by atoms with Crippen molar-refractivity contribution in [3.8, 4) is 0 Å². The van der Waals surface area contributed by atoms with Crippen LogP contribution in [0.1, 0.15) is 53.2 Å². The highest BCUT2D eigenvalue weighted by Crippen LogP contribution is 2.37. The van der Waals surface area contributed by atoms with Crippen LogP contribution in [0.2, 0.25) is 0 Å². The molecule has 3 fully saturated rings. The van der Waals surface area contributed by atoms with Crippen molar-refractivity contribution in [2.75, 3.05) is 45.8 Å². The summed E-state index contributed by atoms with van der Waals surface area (Å²) in [5.74, 6) is -3.27. The summed E-state index contributed by atoms with van der Waals surface area (Å²) in [5, 5.41) is 5.26. The van der Waals surface area contributed by atoms with Crippen LogP contribution in [0.4, 0.5) is 35.1 Å². The Morgan fingerprint density at radius 3 is 2.02 bits per heavy atom. The summed E-state index contributed by atoms with van der Waals surface area (Å²) in [6, 6.07) is 3.07. The van der Waals surface area contributed by atoms with Crippen LogP contribution in [0.5, 0.6) is 0 Å². The molecule has 8 nitrogen and oxygen atoms in total. The topological polar surface area (TPSA) is 85.5 Å². The Kier molecular flexibility index (Phi) is 12.0. The van der Waals surface area contributed by atoms with Crippen LogP contribution < -0.4 is 5.14 Å². The van der Waals surface area contributed by atoms with E-state index in [1.807, 2.05) is 0 Å². The number of carbonyl (C=O) groups excluding carboxylic acids is 2. The number of halogens is 8. The van der Waals surface area contributed by atoms with Crippen LogP contribution in [0.3, 0.4) is 0 Å². The Balaban J connectivity index is 1.29. The first-order valence-electron chi connectivity index (χ1n) is 16.6. The predicted molar refractivity (Wildman–Crippen MR) is 177 cm³/mol. The standard InChI is InChI=1S/C34H40F8N6O2S/c1-20(44-2)30(51-43)32(50)47-7-5-26(19-47)46-11-9-45(10-12-46)25-6-8-48(27(18-25)13-21-3-4-28(35)29(36)14-21)31(49)22-15-23(33(37,38)39)17-24(16-22)34(40,41)42/h3-4,14-17,20,25-27,30H,2,5-13,18-19,43H2,1H3. The van der Waals surface area contributed by atoms with Gasteiger partial charge >= 0.3 is 12.4 Å². The molecular weight excluding hydrogens is 708 g/mol. The summed E-state index contributed by atoms with van der Waals surface area (Å²) in [4.78, 5) is 38.4. The molecule has 5 unspecified atom stereocenters. The van der Waals surface area contributed by atoms with Crippen molar-refractivity contribution in [2.24, 2.45) is 10.1 Å². The minimum Gasteiger partial charge on any atom is -0.340 e. The number of hydrogen-bond acceptors (Lipinski definition) is 7. The first-order chi connectivity index (χ1) is 24.0. The highest BCUT2D eigenvalue weighted by molar-refractivity contribution is 7.98. The number of amides is 2. The van der Waals surface area contributed by atoms with Gasteiger partial charge in [-0.1, -0.05) is 18.0 Å². The highest BCUT2D eigenvalue weighted by Gasteiger charge is 2.41. The van der Waals surface area contributed by atoms with Gasteiger partial charge in [-0.25, -0.2) is 8.78 Å². The van der Waals surface area contributed by atoms with Crippen LogP contribution in [0, 0.1) is 11.6 Å². The zero-order chi connectivity index (χ0) is 37.2. The van der Waals surface area contributed by atoms with E-state index in [2.05, 4.69) is 21.5 Å². The maximum atomic E-state index is 14.2. The lowest BCUT2D eigenvalue weighted by atomic mass is 9.90. The van der Waals surface area contributed by atoms with Gasteiger partial charge in [0.2, 0.25) is 5.91 Å². The number of piperidine rings is 1. The average molecular weight is 749 g/mol. The lowest BCUT2D eigenvalue weighted by Gasteiger charge is -2.47. The molecule has 0 bridgehead atoms. The second kappa shape index (κ2) is 15.8. The van der Waals surface area contributed by atoms with Crippen molar-refractivity contribution in [1.29, 1.82) is 0 Å². The minimum atomic E-state index is -5.13. The van der Waals surface area contributed by atoms with Crippen molar-refractivity contribution in [1.82, 2.24) is 19.6 Å². The summed E-state index contributed by atoms with van der Waals surface area (Å²) in [7, 11) is 0. The molecular formula is C34H40F8N6O2S. The molecule has 17 heteroatoms. The van der Waals surface area contributed by atoms with Gasteiger partial charge in [0, 0.05) is 69.5 Å². The molecule has 3 aliphatic rings. The molecule has 0 aliphatic carbocycles. The fraction of sp³-hybridized carbons (Fsp3) is 0.559. The van der Waals surface area contributed by atoms with Crippen molar-refractivity contribution in [3.05, 3.63) is 70.3 Å². The first kappa shape index (κ1) is 38.9. The SMILES string of the molecule is C=NC(C)C(SN)C(=O)N1CCC(N2CCN(C3CCN(C(=O)c4cc(C(F)(F)F)cc(C(F)(F)F)c4)C(Cc4ccc(F)c(F)c4)C3)CC2)C1. The molecule has 3 aliphatic heterocycles. The fourth-order valence-corrected chi connectivity index (χ4v) is 7.95. The first-order valence-corrected chi connectivity index (χ1v) is 17.6. The van der Waals surface area contributed by atoms with E-state index < -0.39 is 57.9 Å². The molecule has 0 saturated carbocycles. The van der Waals surface area contributed by atoms with Gasteiger partial charge in [-0.05, 0) is 75.2 Å². The van der Waals surface area contributed by atoms with Crippen molar-refractivity contribution < 1.29 is 44.7 Å². The molecule has 0 radical (unpaired) electrons. The fourth-order valence-electron chi connectivity index (χ4n) is 7.37. The molecule has 5 atom stereocenters. The lowest BCUT2D eigenvalue weighted by molar-refractivity contribution is -0.143. The van der Waals surface area contributed by atoms with Gasteiger partial charge in [-0.2, -0.15) is 26.3 Å². The summed E-state index contributed by atoms with van der Waals surface area (Å²) in [6.45, 7) is 9.22. The summed E-state index contributed by atoms with van der Waals surface area (Å²) < 4.78 is 110. The zero-order valence-electron chi connectivity index (χ0n) is 27.9.